The van der Waals surface area contributed by atoms with Crippen LogP contribution < -0.4 is 10.6 Å². The van der Waals surface area contributed by atoms with E-state index in [1.807, 2.05) is 13.8 Å². The Kier molecular flexibility index (Phi) is 9.73. The van der Waals surface area contributed by atoms with E-state index in [0.717, 1.165) is 12.0 Å². The molecule has 2 saturated heterocycles. The third-order valence-corrected chi connectivity index (χ3v) is 6.97. The maximum absolute atomic E-state index is 13.2. The number of hydrogen-bond donors (Lipinski definition) is 2. The normalized spacial score (nSPS) is 19.3. The standard InChI is InChI=1S/C28H41FN4O5.H2/c1-18(2)23(25(35)30-17-19-8-10-21(29)11-9-19)31-24(34)20-12-15-32(16-13-20)26(36)22-7-6-14-33(22)27(37)38-28(3,4)5;/h8-11,18,20,22-23H,6-7,12-17H2,1-5H3,(H,30,35)(H,31,34);1H/t22-,23+;/m0./s1. The van der Waals surface area contributed by atoms with Crippen LogP contribution in [0.25, 0.3) is 0 Å². The van der Waals surface area contributed by atoms with Crippen molar-refractivity contribution in [1.82, 2.24) is 20.4 Å². The van der Waals surface area contributed by atoms with Gasteiger partial charge in [-0.05, 0) is 70.1 Å². The fourth-order valence-electron chi connectivity index (χ4n) is 4.84. The number of rotatable bonds is 7. The van der Waals surface area contributed by atoms with Crippen molar-refractivity contribution in [2.24, 2.45) is 11.8 Å². The molecular formula is C28H43FN4O5. The first-order chi connectivity index (χ1) is 17.9. The van der Waals surface area contributed by atoms with Gasteiger partial charge in [0, 0.05) is 33.5 Å². The molecule has 0 aliphatic carbocycles. The van der Waals surface area contributed by atoms with Crippen LogP contribution >= 0.6 is 0 Å². The van der Waals surface area contributed by atoms with Gasteiger partial charge in [-0.15, -0.1) is 0 Å². The largest absolute Gasteiger partial charge is 0.444 e. The van der Waals surface area contributed by atoms with Gasteiger partial charge in [-0.25, -0.2) is 9.18 Å². The molecule has 2 atom stereocenters. The number of carbonyl (C=O) groups excluding carboxylic acids is 4. The van der Waals surface area contributed by atoms with E-state index in [2.05, 4.69) is 10.6 Å². The maximum atomic E-state index is 13.2. The van der Waals surface area contributed by atoms with Crippen molar-refractivity contribution in [1.29, 1.82) is 0 Å². The second kappa shape index (κ2) is 12.6. The SMILES string of the molecule is CC(C)[C@@H](NC(=O)C1CCN(C(=O)[C@@H]2CCCN2C(=O)OC(C)(C)C)CC1)C(=O)NCc1ccc(F)cc1.[HH]. The van der Waals surface area contributed by atoms with Crippen molar-refractivity contribution in [3.63, 3.8) is 0 Å². The predicted octanol–water partition coefficient (Wildman–Crippen LogP) is 3.47. The Morgan fingerprint density at radius 3 is 2.26 bits per heavy atom. The molecule has 2 aliphatic heterocycles. The summed E-state index contributed by atoms with van der Waals surface area (Å²) in [5.41, 5.74) is 0.128. The summed E-state index contributed by atoms with van der Waals surface area (Å²) in [5, 5.41) is 5.71. The number of carbonyl (C=O) groups is 4. The van der Waals surface area contributed by atoms with Gasteiger partial charge in [-0.2, -0.15) is 0 Å². The molecule has 2 fully saturated rings. The average molecular weight is 535 g/mol. The summed E-state index contributed by atoms with van der Waals surface area (Å²) in [6.07, 6.45) is 1.84. The fourth-order valence-corrected chi connectivity index (χ4v) is 4.84. The van der Waals surface area contributed by atoms with E-state index in [0.29, 0.717) is 38.9 Å². The number of ether oxygens (including phenoxy) is 1. The van der Waals surface area contributed by atoms with E-state index in [1.54, 1.807) is 37.8 Å². The molecule has 0 spiro atoms. The minimum absolute atomic E-state index is 0. The lowest BCUT2D eigenvalue weighted by molar-refractivity contribution is -0.140. The first-order valence-corrected chi connectivity index (χ1v) is 13.5. The molecule has 0 unspecified atom stereocenters. The monoisotopic (exact) mass is 534 g/mol. The molecular weight excluding hydrogens is 491 g/mol. The Bertz CT molecular complexity index is 1010. The van der Waals surface area contributed by atoms with Crippen LogP contribution in [0.15, 0.2) is 24.3 Å². The molecule has 0 saturated carbocycles. The first kappa shape index (κ1) is 29.4. The summed E-state index contributed by atoms with van der Waals surface area (Å²) in [5.74, 6) is -1.39. The molecule has 2 aliphatic rings. The van der Waals surface area contributed by atoms with Crippen molar-refractivity contribution < 1.29 is 29.7 Å². The third kappa shape index (κ3) is 7.91. The van der Waals surface area contributed by atoms with Crippen molar-refractivity contribution in [2.75, 3.05) is 19.6 Å². The minimum Gasteiger partial charge on any atom is -0.444 e. The van der Waals surface area contributed by atoms with Crippen LogP contribution in [-0.4, -0.2) is 70.9 Å². The summed E-state index contributed by atoms with van der Waals surface area (Å²) in [6, 6.07) is 4.64. The summed E-state index contributed by atoms with van der Waals surface area (Å²) in [4.78, 5) is 54.9. The van der Waals surface area contributed by atoms with Gasteiger partial charge in [0.15, 0.2) is 0 Å². The van der Waals surface area contributed by atoms with Gasteiger partial charge in [-0.3, -0.25) is 19.3 Å². The molecule has 9 nitrogen and oxygen atoms in total. The molecule has 2 N–H and O–H groups in total. The first-order valence-electron chi connectivity index (χ1n) is 13.5. The van der Waals surface area contributed by atoms with Gasteiger partial charge in [0.2, 0.25) is 17.7 Å². The minimum atomic E-state index is -0.705. The Hall–Kier alpha value is -3.17. The number of amides is 4. The van der Waals surface area contributed by atoms with Crippen molar-refractivity contribution in [3.8, 4) is 0 Å². The van der Waals surface area contributed by atoms with E-state index in [4.69, 9.17) is 4.74 Å². The van der Waals surface area contributed by atoms with Crippen LogP contribution in [0.4, 0.5) is 9.18 Å². The molecule has 1 aromatic carbocycles. The summed E-state index contributed by atoms with van der Waals surface area (Å²) >= 11 is 0. The molecule has 10 heteroatoms. The molecule has 212 valence electrons. The highest BCUT2D eigenvalue weighted by Crippen LogP contribution is 2.25. The molecule has 0 aromatic heterocycles. The molecule has 0 bridgehead atoms. The second-order valence-corrected chi connectivity index (χ2v) is 11.5. The Balaban J connectivity index is 0.00000533. The molecule has 2 heterocycles. The number of nitrogens with one attached hydrogen (secondary N) is 2. The molecule has 0 radical (unpaired) electrons. The van der Waals surface area contributed by atoms with Crippen LogP contribution in [-0.2, 0) is 25.7 Å². The van der Waals surface area contributed by atoms with E-state index in [-0.39, 0.29) is 43.3 Å². The number of nitrogens with zero attached hydrogens (tertiary/aromatic N) is 2. The molecule has 4 amide bonds. The van der Waals surface area contributed by atoms with E-state index >= 15 is 0 Å². The number of halogens is 1. The number of piperidine rings is 1. The van der Waals surface area contributed by atoms with Crippen LogP contribution in [0.5, 0.6) is 0 Å². The average Bonchev–Trinajstić information content (AvgIpc) is 3.35. The molecule has 3 rings (SSSR count). The maximum Gasteiger partial charge on any atom is 0.410 e. The zero-order valence-electron chi connectivity index (χ0n) is 23.1. The van der Waals surface area contributed by atoms with Gasteiger partial charge in [0.1, 0.15) is 23.5 Å². The van der Waals surface area contributed by atoms with Crippen LogP contribution in [0.1, 0.15) is 67.3 Å². The molecule has 1 aromatic rings. The number of hydrogen-bond acceptors (Lipinski definition) is 5. The predicted molar refractivity (Wildman–Crippen MR) is 142 cm³/mol. The summed E-state index contributed by atoms with van der Waals surface area (Å²) < 4.78 is 18.6. The third-order valence-electron chi connectivity index (χ3n) is 6.97. The van der Waals surface area contributed by atoms with Crippen molar-refractivity contribution >= 4 is 23.8 Å². The van der Waals surface area contributed by atoms with E-state index in [1.165, 1.54) is 17.0 Å². The quantitative estimate of drug-likeness (QED) is 0.557. The van der Waals surface area contributed by atoms with E-state index < -0.39 is 23.8 Å². The van der Waals surface area contributed by atoms with Crippen molar-refractivity contribution in [3.05, 3.63) is 35.6 Å². The zero-order chi connectivity index (χ0) is 28.0. The highest BCUT2D eigenvalue weighted by atomic mass is 19.1. The number of benzene rings is 1. The Morgan fingerprint density at radius 2 is 1.68 bits per heavy atom. The van der Waals surface area contributed by atoms with Gasteiger partial charge in [-0.1, -0.05) is 26.0 Å². The lowest BCUT2D eigenvalue weighted by Crippen LogP contribution is -2.54. The molecule has 38 heavy (non-hydrogen) atoms. The van der Waals surface area contributed by atoms with Gasteiger partial charge in [0.25, 0.3) is 0 Å². The van der Waals surface area contributed by atoms with Crippen LogP contribution in [0.3, 0.4) is 0 Å². The van der Waals surface area contributed by atoms with Gasteiger partial charge in [0.05, 0.1) is 0 Å². The number of likely N-dealkylation sites (tertiary alicyclic amines) is 2. The summed E-state index contributed by atoms with van der Waals surface area (Å²) in [6.45, 7) is 10.7. The topological polar surface area (TPSA) is 108 Å². The highest BCUT2D eigenvalue weighted by molar-refractivity contribution is 5.89. The van der Waals surface area contributed by atoms with Crippen LogP contribution in [0, 0.1) is 17.7 Å². The van der Waals surface area contributed by atoms with Crippen LogP contribution in [0.2, 0.25) is 0 Å². The van der Waals surface area contributed by atoms with Crippen molar-refractivity contribution in [2.45, 2.75) is 84.5 Å². The fraction of sp³-hybridized carbons (Fsp3) is 0.643. The van der Waals surface area contributed by atoms with E-state index in [9.17, 15) is 23.6 Å². The lowest BCUT2D eigenvalue weighted by Gasteiger charge is -2.36. The Labute approximate surface area is 225 Å². The summed E-state index contributed by atoms with van der Waals surface area (Å²) in [7, 11) is 0. The van der Waals surface area contributed by atoms with Gasteiger partial charge < -0.3 is 20.3 Å². The Morgan fingerprint density at radius 1 is 1.05 bits per heavy atom. The van der Waals surface area contributed by atoms with Gasteiger partial charge >= 0.3 is 6.09 Å². The smallest absolute Gasteiger partial charge is 0.410 e. The zero-order valence-corrected chi connectivity index (χ0v) is 23.1. The lowest BCUT2D eigenvalue weighted by atomic mass is 9.94. The highest BCUT2D eigenvalue weighted by Gasteiger charge is 2.40. The second-order valence-electron chi connectivity index (χ2n) is 11.5.